The molecule has 0 aliphatic carbocycles. The first-order valence-electron chi connectivity index (χ1n) is 6.11. The molecule has 108 valence electrons. The minimum absolute atomic E-state index is 0.423. The van der Waals surface area contributed by atoms with Crippen LogP contribution in [0.2, 0.25) is 5.02 Å². The van der Waals surface area contributed by atoms with Gasteiger partial charge in [-0.05, 0) is 53.9 Å². The fraction of sp³-hybridized carbons (Fsp3) is 0.385. The molecular weight excluding hydrogens is 348 g/mol. The summed E-state index contributed by atoms with van der Waals surface area (Å²) in [6.07, 6.45) is 1.12. The summed E-state index contributed by atoms with van der Waals surface area (Å²) < 4.78 is 0.687. The summed E-state index contributed by atoms with van der Waals surface area (Å²) in [5.74, 6) is -0.990. The Bertz CT molecular complexity index is 567. The highest BCUT2D eigenvalue weighted by atomic mass is 79.9. The standard InChI is InChI=1S/C13H14BrClN2O3/c1-13(11(18)19)5-2-6-17(13)12(20)16-10-7-8(15)3-4-9(10)14/h3-4,7H,2,5-6H2,1H3,(H,16,20)(H,18,19). The Hall–Kier alpha value is -1.27. The van der Waals surface area contributed by atoms with Crippen molar-refractivity contribution in [3.63, 3.8) is 0 Å². The first-order valence-corrected chi connectivity index (χ1v) is 7.29. The van der Waals surface area contributed by atoms with Crippen LogP contribution in [0.15, 0.2) is 22.7 Å². The van der Waals surface area contributed by atoms with Crippen LogP contribution in [-0.4, -0.2) is 34.1 Å². The van der Waals surface area contributed by atoms with Crippen molar-refractivity contribution in [1.29, 1.82) is 0 Å². The molecule has 1 unspecified atom stereocenters. The van der Waals surface area contributed by atoms with Gasteiger partial charge in [0.2, 0.25) is 0 Å². The van der Waals surface area contributed by atoms with Crippen LogP contribution in [0.4, 0.5) is 10.5 Å². The monoisotopic (exact) mass is 360 g/mol. The van der Waals surface area contributed by atoms with Gasteiger partial charge in [-0.1, -0.05) is 11.6 Å². The van der Waals surface area contributed by atoms with Gasteiger partial charge in [0.05, 0.1) is 5.69 Å². The molecule has 2 amide bonds. The molecule has 2 rings (SSSR count). The van der Waals surface area contributed by atoms with E-state index in [4.69, 9.17) is 11.6 Å². The van der Waals surface area contributed by atoms with Crippen LogP contribution in [0.25, 0.3) is 0 Å². The molecule has 0 spiro atoms. The van der Waals surface area contributed by atoms with E-state index in [9.17, 15) is 14.7 Å². The molecular formula is C13H14BrClN2O3. The predicted octanol–water partition coefficient (Wildman–Crippen LogP) is 3.57. The Balaban J connectivity index is 2.20. The van der Waals surface area contributed by atoms with Gasteiger partial charge in [-0.15, -0.1) is 0 Å². The molecule has 5 nitrogen and oxygen atoms in total. The Kier molecular flexibility index (Phi) is 4.25. The smallest absolute Gasteiger partial charge is 0.329 e. The highest BCUT2D eigenvalue weighted by Gasteiger charge is 2.46. The SMILES string of the molecule is CC1(C(=O)O)CCCN1C(=O)Nc1cc(Cl)ccc1Br. The maximum absolute atomic E-state index is 12.3. The number of carboxylic acids is 1. The van der Waals surface area contributed by atoms with E-state index in [1.165, 1.54) is 4.90 Å². The summed E-state index contributed by atoms with van der Waals surface area (Å²) in [4.78, 5) is 25.0. The lowest BCUT2D eigenvalue weighted by molar-refractivity contribution is -0.146. The number of benzene rings is 1. The summed E-state index contributed by atoms with van der Waals surface area (Å²) in [5.41, 5.74) is -0.642. The second kappa shape index (κ2) is 5.61. The average molecular weight is 362 g/mol. The number of carboxylic acid groups (broad SMARTS) is 1. The van der Waals surface area contributed by atoms with Crippen molar-refractivity contribution < 1.29 is 14.7 Å². The largest absolute Gasteiger partial charge is 0.480 e. The van der Waals surface area contributed by atoms with E-state index >= 15 is 0 Å². The molecule has 7 heteroatoms. The fourth-order valence-electron chi connectivity index (χ4n) is 2.29. The molecule has 1 fully saturated rings. The summed E-state index contributed by atoms with van der Waals surface area (Å²) >= 11 is 9.20. The number of rotatable bonds is 2. The third-order valence-electron chi connectivity index (χ3n) is 3.52. The van der Waals surface area contributed by atoms with Gasteiger partial charge in [0.25, 0.3) is 0 Å². The number of urea groups is 1. The van der Waals surface area contributed by atoms with Crippen LogP contribution in [-0.2, 0) is 4.79 Å². The molecule has 2 N–H and O–H groups in total. The molecule has 1 saturated heterocycles. The maximum atomic E-state index is 12.3. The molecule has 1 aliphatic heterocycles. The number of aliphatic carboxylic acids is 1. The van der Waals surface area contributed by atoms with Crippen LogP contribution in [0, 0.1) is 0 Å². The van der Waals surface area contributed by atoms with Gasteiger partial charge >= 0.3 is 12.0 Å². The zero-order valence-electron chi connectivity index (χ0n) is 10.8. The topological polar surface area (TPSA) is 69.6 Å². The van der Waals surface area contributed by atoms with Gasteiger partial charge in [0.1, 0.15) is 5.54 Å². The van der Waals surface area contributed by atoms with Crippen molar-refractivity contribution in [1.82, 2.24) is 4.90 Å². The number of anilines is 1. The molecule has 20 heavy (non-hydrogen) atoms. The summed E-state index contributed by atoms with van der Waals surface area (Å²) in [7, 11) is 0. The van der Waals surface area contributed by atoms with E-state index in [2.05, 4.69) is 21.2 Å². The molecule has 1 aliphatic rings. The van der Waals surface area contributed by atoms with Gasteiger partial charge in [0, 0.05) is 16.0 Å². The van der Waals surface area contributed by atoms with Crippen LogP contribution >= 0.6 is 27.5 Å². The molecule has 1 aromatic rings. The first kappa shape index (κ1) is 15.1. The van der Waals surface area contributed by atoms with Gasteiger partial charge in [0.15, 0.2) is 0 Å². The minimum Gasteiger partial charge on any atom is -0.480 e. The van der Waals surface area contributed by atoms with E-state index in [1.807, 2.05) is 0 Å². The number of hydrogen-bond donors (Lipinski definition) is 2. The number of likely N-dealkylation sites (tertiary alicyclic amines) is 1. The first-order chi connectivity index (χ1) is 9.34. The number of nitrogens with zero attached hydrogens (tertiary/aromatic N) is 1. The maximum Gasteiger partial charge on any atom is 0.329 e. The van der Waals surface area contributed by atoms with Crippen LogP contribution in [0.5, 0.6) is 0 Å². The van der Waals surface area contributed by atoms with Gasteiger partial charge in [-0.3, -0.25) is 0 Å². The van der Waals surface area contributed by atoms with Crippen molar-refractivity contribution in [3.05, 3.63) is 27.7 Å². The molecule has 1 aromatic carbocycles. The van der Waals surface area contributed by atoms with E-state index in [0.29, 0.717) is 34.6 Å². The third-order valence-corrected chi connectivity index (χ3v) is 4.44. The molecule has 1 heterocycles. The summed E-state index contributed by atoms with van der Waals surface area (Å²) in [6, 6.07) is 4.59. The van der Waals surface area contributed by atoms with E-state index < -0.39 is 17.5 Å². The average Bonchev–Trinajstić information content (AvgIpc) is 2.77. The number of amides is 2. The molecule has 0 aromatic heterocycles. The van der Waals surface area contributed by atoms with E-state index in [0.717, 1.165) is 0 Å². The fourth-order valence-corrected chi connectivity index (χ4v) is 2.80. The lowest BCUT2D eigenvalue weighted by Crippen LogP contribution is -2.52. The number of nitrogens with one attached hydrogen (secondary N) is 1. The van der Waals surface area contributed by atoms with Crippen molar-refractivity contribution in [2.75, 3.05) is 11.9 Å². The predicted molar refractivity (Wildman–Crippen MR) is 80.2 cm³/mol. The quantitative estimate of drug-likeness (QED) is 0.846. The normalized spacial score (nSPS) is 21.9. The Morgan fingerprint density at radius 2 is 2.20 bits per heavy atom. The molecule has 1 atom stereocenters. The number of carbonyl (C=O) groups is 2. The van der Waals surface area contributed by atoms with Crippen molar-refractivity contribution >= 4 is 45.2 Å². The number of halogens is 2. The van der Waals surface area contributed by atoms with Gasteiger partial charge < -0.3 is 15.3 Å². The van der Waals surface area contributed by atoms with Gasteiger partial charge in [-0.25, -0.2) is 9.59 Å². The second-order valence-corrected chi connectivity index (χ2v) is 6.18. The van der Waals surface area contributed by atoms with Crippen molar-refractivity contribution in [2.24, 2.45) is 0 Å². The number of carbonyl (C=O) groups excluding carboxylic acids is 1. The third kappa shape index (κ3) is 2.76. The zero-order chi connectivity index (χ0) is 14.9. The highest BCUT2D eigenvalue weighted by molar-refractivity contribution is 9.10. The van der Waals surface area contributed by atoms with Crippen LogP contribution < -0.4 is 5.32 Å². The minimum atomic E-state index is -1.16. The summed E-state index contributed by atoms with van der Waals surface area (Å²) in [5, 5.41) is 12.5. The van der Waals surface area contributed by atoms with E-state index in [1.54, 1.807) is 25.1 Å². The van der Waals surface area contributed by atoms with Crippen LogP contribution in [0.3, 0.4) is 0 Å². The molecule has 0 radical (unpaired) electrons. The molecule has 0 saturated carbocycles. The van der Waals surface area contributed by atoms with Crippen molar-refractivity contribution in [3.8, 4) is 0 Å². The number of hydrogen-bond acceptors (Lipinski definition) is 2. The van der Waals surface area contributed by atoms with E-state index in [-0.39, 0.29) is 0 Å². The zero-order valence-corrected chi connectivity index (χ0v) is 13.2. The van der Waals surface area contributed by atoms with Gasteiger partial charge in [-0.2, -0.15) is 0 Å². The summed E-state index contributed by atoms with van der Waals surface area (Å²) in [6.45, 7) is 1.99. The molecule has 0 bridgehead atoms. The second-order valence-electron chi connectivity index (χ2n) is 4.89. The van der Waals surface area contributed by atoms with Crippen molar-refractivity contribution in [2.45, 2.75) is 25.3 Å². The van der Waals surface area contributed by atoms with Crippen LogP contribution in [0.1, 0.15) is 19.8 Å². The lowest BCUT2D eigenvalue weighted by Gasteiger charge is -2.31. The highest BCUT2D eigenvalue weighted by Crippen LogP contribution is 2.31. The Labute approximate surface area is 130 Å². The Morgan fingerprint density at radius 1 is 1.50 bits per heavy atom. The Morgan fingerprint density at radius 3 is 2.85 bits per heavy atom. The lowest BCUT2D eigenvalue weighted by atomic mass is 10.00.